The number of halogens is 3. The molecule has 1 amide bonds. The minimum absolute atomic E-state index is 0.218. The number of amides is 1. The average molecular weight is 361 g/mol. The number of rotatable bonds is 4. The van der Waals surface area contributed by atoms with Gasteiger partial charge in [0.05, 0.1) is 17.3 Å². The standard InChI is InChI=1S/C18H14F3N3O2/c1-11(14-8-4-5-9-22-14)24-17(25)15-16(26-10-23-15)12-6-2-3-7-13(12)18(19,20)21/h2-11H,1H3,(H,24,25)/t11-/m0/s1. The maximum Gasteiger partial charge on any atom is 0.417 e. The number of hydrogen-bond acceptors (Lipinski definition) is 4. The fourth-order valence-corrected chi connectivity index (χ4v) is 2.50. The lowest BCUT2D eigenvalue weighted by Crippen LogP contribution is -2.28. The van der Waals surface area contributed by atoms with Crippen LogP contribution in [-0.4, -0.2) is 15.9 Å². The molecule has 26 heavy (non-hydrogen) atoms. The maximum atomic E-state index is 13.2. The van der Waals surface area contributed by atoms with Crippen LogP contribution in [0.15, 0.2) is 59.5 Å². The second-order valence-corrected chi connectivity index (χ2v) is 5.52. The van der Waals surface area contributed by atoms with E-state index in [-0.39, 0.29) is 17.0 Å². The molecule has 5 nitrogen and oxygen atoms in total. The number of carbonyl (C=O) groups is 1. The van der Waals surface area contributed by atoms with Gasteiger partial charge < -0.3 is 9.73 Å². The van der Waals surface area contributed by atoms with Crippen molar-refractivity contribution in [1.29, 1.82) is 0 Å². The lowest BCUT2D eigenvalue weighted by molar-refractivity contribution is -0.137. The summed E-state index contributed by atoms with van der Waals surface area (Å²) in [5.41, 5.74) is -0.747. The topological polar surface area (TPSA) is 68.0 Å². The van der Waals surface area contributed by atoms with Gasteiger partial charge in [-0.25, -0.2) is 4.98 Å². The lowest BCUT2D eigenvalue weighted by atomic mass is 10.0. The first-order valence-corrected chi connectivity index (χ1v) is 7.70. The highest BCUT2D eigenvalue weighted by molar-refractivity contribution is 5.98. The molecule has 0 unspecified atom stereocenters. The van der Waals surface area contributed by atoms with Gasteiger partial charge in [0.2, 0.25) is 0 Å². The third kappa shape index (κ3) is 3.58. The Balaban J connectivity index is 1.91. The molecule has 134 valence electrons. The first-order chi connectivity index (χ1) is 12.4. The molecule has 1 N–H and O–H groups in total. The predicted octanol–water partition coefficient (Wildman–Crippen LogP) is 4.25. The van der Waals surface area contributed by atoms with Crippen LogP contribution in [-0.2, 0) is 6.18 Å². The van der Waals surface area contributed by atoms with Gasteiger partial charge in [-0.3, -0.25) is 9.78 Å². The Hall–Kier alpha value is -3.16. The van der Waals surface area contributed by atoms with E-state index in [0.717, 1.165) is 12.5 Å². The Morgan fingerprint density at radius 2 is 1.85 bits per heavy atom. The zero-order chi connectivity index (χ0) is 18.7. The van der Waals surface area contributed by atoms with Crippen LogP contribution in [0.1, 0.15) is 34.7 Å². The molecule has 0 saturated carbocycles. The van der Waals surface area contributed by atoms with Crippen LogP contribution in [0.25, 0.3) is 11.3 Å². The fraction of sp³-hybridized carbons (Fsp3) is 0.167. The van der Waals surface area contributed by atoms with Crippen molar-refractivity contribution in [3.63, 3.8) is 0 Å². The van der Waals surface area contributed by atoms with Gasteiger partial charge in [0, 0.05) is 11.8 Å². The molecule has 1 atom stereocenters. The van der Waals surface area contributed by atoms with Gasteiger partial charge in [-0.1, -0.05) is 24.3 Å². The van der Waals surface area contributed by atoms with Crippen molar-refractivity contribution >= 4 is 5.91 Å². The van der Waals surface area contributed by atoms with Crippen LogP contribution in [0.5, 0.6) is 0 Å². The summed E-state index contributed by atoms with van der Waals surface area (Å²) in [5, 5.41) is 2.66. The fourth-order valence-electron chi connectivity index (χ4n) is 2.50. The number of benzene rings is 1. The Labute approximate surface area is 146 Å². The molecule has 2 aromatic heterocycles. The molecule has 8 heteroatoms. The second-order valence-electron chi connectivity index (χ2n) is 5.52. The molecule has 1 aromatic carbocycles. The van der Waals surface area contributed by atoms with E-state index in [0.29, 0.717) is 5.69 Å². The van der Waals surface area contributed by atoms with Crippen molar-refractivity contribution in [3.8, 4) is 11.3 Å². The number of hydrogen-bond donors (Lipinski definition) is 1. The quantitative estimate of drug-likeness (QED) is 0.754. The summed E-state index contributed by atoms with van der Waals surface area (Å²) in [6.45, 7) is 1.71. The maximum absolute atomic E-state index is 13.2. The molecule has 0 aliphatic rings. The molecule has 2 heterocycles. The van der Waals surface area contributed by atoms with Crippen LogP contribution < -0.4 is 5.32 Å². The van der Waals surface area contributed by atoms with Crippen LogP contribution in [0, 0.1) is 0 Å². The molecule has 0 aliphatic heterocycles. The summed E-state index contributed by atoms with van der Waals surface area (Å²) in [5.74, 6) is -0.882. The van der Waals surface area contributed by atoms with Gasteiger partial charge in [0.15, 0.2) is 17.8 Å². The minimum Gasteiger partial charge on any atom is -0.443 e. The molecule has 3 aromatic rings. The molecular weight excluding hydrogens is 347 g/mol. The van der Waals surface area contributed by atoms with Crippen molar-refractivity contribution in [1.82, 2.24) is 15.3 Å². The van der Waals surface area contributed by atoms with Gasteiger partial charge >= 0.3 is 6.18 Å². The SMILES string of the molecule is C[C@H](NC(=O)c1ncoc1-c1ccccc1C(F)(F)F)c1ccccn1. The van der Waals surface area contributed by atoms with Crippen LogP contribution in [0.4, 0.5) is 13.2 Å². The molecule has 0 aliphatic carbocycles. The van der Waals surface area contributed by atoms with Crippen LogP contribution in [0.2, 0.25) is 0 Å². The van der Waals surface area contributed by atoms with E-state index in [1.54, 1.807) is 31.3 Å². The van der Waals surface area contributed by atoms with E-state index in [1.165, 1.54) is 18.2 Å². The van der Waals surface area contributed by atoms with E-state index >= 15 is 0 Å². The molecular formula is C18H14F3N3O2. The highest BCUT2D eigenvalue weighted by Gasteiger charge is 2.35. The zero-order valence-electron chi connectivity index (χ0n) is 13.6. The number of pyridine rings is 1. The van der Waals surface area contributed by atoms with E-state index in [9.17, 15) is 18.0 Å². The van der Waals surface area contributed by atoms with Crippen molar-refractivity contribution in [2.45, 2.75) is 19.1 Å². The number of aromatic nitrogens is 2. The van der Waals surface area contributed by atoms with Crippen molar-refractivity contribution in [2.24, 2.45) is 0 Å². The third-order valence-electron chi connectivity index (χ3n) is 3.74. The third-order valence-corrected chi connectivity index (χ3v) is 3.74. The monoisotopic (exact) mass is 361 g/mol. The predicted molar refractivity (Wildman–Crippen MR) is 87.1 cm³/mol. The molecule has 0 fully saturated rings. The molecule has 0 radical (unpaired) electrons. The van der Waals surface area contributed by atoms with E-state index in [1.807, 2.05) is 0 Å². The lowest BCUT2D eigenvalue weighted by Gasteiger charge is -2.14. The Morgan fingerprint density at radius 3 is 2.54 bits per heavy atom. The van der Waals surface area contributed by atoms with Gasteiger partial charge in [-0.15, -0.1) is 0 Å². The first-order valence-electron chi connectivity index (χ1n) is 7.70. The number of oxazole rings is 1. The summed E-state index contributed by atoms with van der Waals surface area (Å²) in [6, 6.07) is 9.66. The van der Waals surface area contributed by atoms with Gasteiger partial charge in [-0.05, 0) is 25.1 Å². The van der Waals surface area contributed by atoms with E-state index in [2.05, 4.69) is 15.3 Å². The van der Waals surface area contributed by atoms with Crippen molar-refractivity contribution in [3.05, 3.63) is 72.0 Å². The number of nitrogens with one attached hydrogen (secondary N) is 1. The highest BCUT2D eigenvalue weighted by atomic mass is 19.4. The Kier molecular flexibility index (Phi) is 4.75. The summed E-state index contributed by atoms with van der Waals surface area (Å²) >= 11 is 0. The van der Waals surface area contributed by atoms with E-state index < -0.39 is 23.7 Å². The highest BCUT2D eigenvalue weighted by Crippen LogP contribution is 2.37. The number of carbonyl (C=O) groups excluding carboxylic acids is 1. The average Bonchev–Trinajstić information content (AvgIpc) is 3.11. The molecule has 3 rings (SSSR count). The second kappa shape index (κ2) is 6.99. The normalized spacial score (nSPS) is 12.6. The van der Waals surface area contributed by atoms with Crippen LogP contribution >= 0.6 is 0 Å². The largest absolute Gasteiger partial charge is 0.443 e. The van der Waals surface area contributed by atoms with Gasteiger partial charge in [0.25, 0.3) is 5.91 Å². The summed E-state index contributed by atoms with van der Waals surface area (Å²) in [4.78, 5) is 20.4. The molecule has 0 saturated heterocycles. The Bertz CT molecular complexity index is 907. The summed E-state index contributed by atoms with van der Waals surface area (Å²) < 4.78 is 44.8. The molecule has 0 spiro atoms. The first kappa shape index (κ1) is 17.7. The van der Waals surface area contributed by atoms with Crippen LogP contribution in [0.3, 0.4) is 0 Å². The molecule has 0 bridgehead atoms. The van der Waals surface area contributed by atoms with Crippen molar-refractivity contribution < 1.29 is 22.4 Å². The smallest absolute Gasteiger partial charge is 0.417 e. The van der Waals surface area contributed by atoms with E-state index in [4.69, 9.17) is 4.42 Å². The number of nitrogens with zero attached hydrogens (tertiary/aromatic N) is 2. The summed E-state index contributed by atoms with van der Waals surface area (Å²) in [6.07, 6.45) is -2.06. The zero-order valence-corrected chi connectivity index (χ0v) is 13.6. The minimum atomic E-state index is -4.58. The summed E-state index contributed by atoms with van der Waals surface area (Å²) in [7, 11) is 0. The number of alkyl halides is 3. The van der Waals surface area contributed by atoms with Gasteiger partial charge in [0.1, 0.15) is 0 Å². The Morgan fingerprint density at radius 1 is 1.12 bits per heavy atom. The van der Waals surface area contributed by atoms with Crippen molar-refractivity contribution in [2.75, 3.05) is 0 Å². The van der Waals surface area contributed by atoms with Gasteiger partial charge in [-0.2, -0.15) is 13.2 Å².